The van der Waals surface area contributed by atoms with Gasteiger partial charge in [0.05, 0.1) is 5.92 Å². The molecule has 0 aliphatic heterocycles. The molecule has 0 spiro atoms. The molecule has 0 nitrogen and oxygen atoms in total. The van der Waals surface area contributed by atoms with Crippen LogP contribution in [0.4, 0.5) is 8.78 Å². The first kappa shape index (κ1) is 23.4. The van der Waals surface area contributed by atoms with E-state index in [1.54, 1.807) is 6.92 Å². The van der Waals surface area contributed by atoms with E-state index >= 15 is 0 Å². The zero-order valence-corrected chi connectivity index (χ0v) is 16.9. The Morgan fingerprint density at radius 2 is 1.29 bits per heavy atom. The molecule has 0 saturated heterocycles. The standard InChI is InChI=1S/C16H24F2.C4H10.C2H6/c1-11-3-6-13(7-4-11)8-10-14-9-5-12(2)15(17)16(14)18;1-3-4-2;1-2/h11-16H,3-7,9H2,1-2H3;3-4H2,1-2H3;1-2H3. The van der Waals surface area contributed by atoms with Gasteiger partial charge < -0.3 is 0 Å². The fraction of sp³-hybridized carbons (Fsp3) is 0.909. The minimum absolute atomic E-state index is 0.145. The van der Waals surface area contributed by atoms with E-state index in [2.05, 4.69) is 32.6 Å². The molecule has 0 amide bonds. The smallest absolute Gasteiger partial charge is 0.145 e. The zero-order valence-electron chi connectivity index (χ0n) is 16.9. The monoisotopic (exact) mass is 342 g/mol. The normalized spacial score (nSPS) is 35.3. The Hall–Kier alpha value is -0.580. The molecule has 2 aliphatic rings. The van der Waals surface area contributed by atoms with Crippen molar-refractivity contribution in [3.8, 4) is 11.8 Å². The summed E-state index contributed by atoms with van der Waals surface area (Å²) in [6.07, 6.45) is 6.16. The molecule has 0 aromatic rings. The van der Waals surface area contributed by atoms with Crippen LogP contribution in [-0.4, -0.2) is 12.3 Å². The molecule has 0 N–H and O–H groups in total. The van der Waals surface area contributed by atoms with Gasteiger partial charge in [-0.3, -0.25) is 0 Å². The highest BCUT2D eigenvalue weighted by Crippen LogP contribution is 2.34. The maximum atomic E-state index is 13.8. The van der Waals surface area contributed by atoms with Crippen LogP contribution in [0.2, 0.25) is 0 Å². The molecular weight excluding hydrogens is 302 g/mol. The summed E-state index contributed by atoms with van der Waals surface area (Å²) >= 11 is 0. The number of hydrogen-bond donors (Lipinski definition) is 0. The summed E-state index contributed by atoms with van der Waals surface area (Å²) in [6, 6.07) is 0. The molecule has 4 atom stereocenters. The van der Waals surface area contributed by atoms with Gasteiger partial charge in [0, 0.05) is 5.92 Å². The Morgan fingerprint density at radius 1 is 0.750 bits per heavy atom. The quantitative estimate of drug-likeness (QED) is 0.436. The lowest BCUT2D eigenvalue weighted by Gasteiger charge is -2.30. The molecule has 0 heterocycles. The van der Waals surface area contributed by atoms with Crippen molar-refractivity contribution in [1.29, 1.82) is 0 Å². The summed E-state index contributed by atoms with van der Waals surface area (Å²) in [7, 11) is 0. The summed E-state index contributed by atoms with van der Waals surface area (Å²) in [5.41, 5.74) is 0. The summed E-state index contributed by atoms with van der Waals surface area (Å²) < 4.78 is 27.4. The first-order valence-electron chi connectivity index (χ1n) is 10.3. The lowest BCUT2D eigenvalue weighted by Crippen LogP contribution is -2.36. The van der Waals surface area contributed by atoms with E-state index in [9.17, 15) is 8.78 Å². The predicted octanol–water partition coefficient (Wildman–Crippen LogP) is 7.37. The van der Waals surface area contributed by atoms with E-state index in [4.69, 9.17) is 0 Å². The van der Waals surface area contributed by atoms with E-state index in [0.29, 0.717) is 5.92 Å². The summed E-state index contributed by atoms with van der Waals surface area (Å²) in [4.78, 5) is 0. The largest absolute Gasteiger partial charge is 0.244 e. The molecule has 2 rings (SSSR count). The molecule has 2 aliphatic carbocycles. The molecule has 0 radical (unpaired) electrons. The predicted molar refractivity (Wildman–Crippen MR) is 103 cm³/mol. The molecule has 0 aromatic carbocycles. The van der Waals surface area contributed by atoms with Crippen molar-refractivity contribution in [3.63, 3.8) is 0 Å². The van der Waals surface area contributed by atoms with Gasteiger partial charge in [-0.1, -0.05) is 66.2 Å². The van der Waals surface area contributed by atoms with E-state index in [0.717, 1.165) is 31.6 Å². The molecule has 2 fully saturated rings. The SMILES string of the molecule is CC.CC1CCC(C#CC2CCC(C)C(F)C2F)CC1.CCCC. The van der Waals surface area contributed by atoms with Gasteiger partial charge in [-0.25, -0.2) is 8.78 Å². The summed E-state index contributed by atoms with van der Waals surface area (Å²) in [5, 5.41) is 0. The van der Waals surface area contributed by atoms with Gasteiger partial charge in [-0.2, -0.15) is 0 Å². The van der Waals surface area contributed by atoms with Crippen LogP contribution in [0.5, 0.6) is 0 Å². The van der Waals surface area contributed by atoms with Gasteiger partial charge in [0.25, 0.3) is 0 Å². The van der Waals surface area contributed by atoms with Crippen LogP contribution in [0.1, 0.15) is 92.9 Å². The molecule has 142 valence electrons. The second-order valence-corrected chi connectivity index (χ2v) is 7.30. The van der Waals surface area contributed by atoms with Crippen LogP contribution in [0.15, 0.2) is 0 Å². The Morgan fingerprint density at radius 3 is 1.79 bits per heavy atom. The van der Waals surface area contributed by atoms with Crippen molar-refractivity contribution in [3.05, 3.63) is 0 Å². The van der Waals surface area contributed by atoms with Crippen LogP contribution in [0.3, 0.4) is 0 Å². The molecule has 2 saturated carbocycles. The maximum Gasteiger partial charge on any atom is 0.145 e. The highest BCUT2D eigenvalue weighted by Gasteiger charge is 2.37. The Labute approximate surface area is 150 Å². The van der Waals surface area contributed by atoms with Crippen molar-refractivity contribution in [1.82, 2.24) is 0 Å². The topological polar surface area (TPSA) is 0 Å². The van der Waals surface area contributed by atoms with Crippen LogP contribution in [0.25, 0.3) is 0 Å². The van der Waals surface area contributed by atoms with Crippen molar-refractivity contribution in [2.24, 2.45) is 23.7 Å². The second kappa shape index (κ2) is 13.7. The van der Waals surface area contributed by atoms with E-state index in [1.807, 2.05) is 13.8 Å². The number of hydrogen-bond acceptors (Lipinski definition) is 0. The second-order valence-electron chi connectivity index (χ2n) is 7.30. The van der Waals surface area contributed by atoms with Gasteiger partial charge in [0.15, 0.2) is 0 Å². The fourth-order valence-electron chi connectivity index (χ4n) is 3.08. The third-order valence-corrected chi connectivity index (χ3v) is 5.15. The average molecular weight is 343 g/mol. The minimum Gasteiger partial charge on any atom is -0.244 e. The number of halogens is 2. The fourth-order valence-corrected chi connectivity index (χ4v) is 3.08. The maximum absolute atomic E-state index is 13.8. The Bertz CT molecular complexity index is 345. The third-order valence-electron chi connectivity index (χ3n) is 5.15. The molecule has 0 bridgehead atoms. The van der Waals surface area contributed by atoms with Crippen LogP contribution in [-0.2, 0) is 0 Å². The van der Waals surface area contributed by atoms with Gasteiger partial charge in [0.2, 0.25) is 0 Å². The van der Waals surface area contributed by atoms with Crippen LogP contribution in [0, 0.1) is 35.5 Å². The first-order valence-corrected chi connectivity index (χ1v) is 10.3. The minimum atomic E-state index is -1.37. The molecule has 4 unspecified atom stereocenters. The van der Waals surface area contributed by atoms with Gasteiger partial charge in [-0.05, 0) is 50.4 Å². The number of unbranched alkanes of at least 4 members (excludes halogenated alkanes) is 1. The first-order chi connectivity index (χ1) is 11.5. The van der Waals surface area contributed by atoms with Crippen molar-refractivity contribution >= 4 is 0 Å². The number of alkyl halides is 2. The number of rotatable bonds is 1. The highest BCUT2D eigenvalue weighted by molar-refractivity contribution is 5.12. The lowest BCUT2D eigenvalue weighted by atomic mass is 9.79. The van der Waals surface area contributed by atoms with E-state index in [1.165, 1.54) is 25.7 Å². The molecule has 2 heteroatoms. The van der Waals surface area contributed by atoms with Gasteiger partial charge in [-0.15, -0.1) is 0 Å². The van der Waals surface area contributed by atoms with Crippen LogP contribution >= 0.6 is 0 Å². The Balaban J connectivity index is 0.000000773. The van der Waals surface area contributed by atoms with Gasteiger partial charge in [0.1, 0.15) is 12.3 Å². The van der Waals surface area contributed by atoms with Crippen molar-refractivity contribution in [2.45, 2.75) is 105 Å². The van der Waals surface area contributed by atoms with Crippen LogP contribution < -0.4 is 0 Å². The summed E-state index contributed by atoms with van der Waals surface area (Å²) in [5.74, 6) is 6.98. The van der Waals surface area contributed by atoms with Gasteiger partial charge >= 0.3 is 0 Å². The molecule has 24 heavy (non-hydrogen) atoms. The van der Waals surface area contributed by atoms with Crippen molar-refractivity contribution in [2.75, 3.05) is 0 Å². The van der Waals surface area contributed by atoms with E-state index < -0.39 is 12.3 Å². The van der Waals surface area contributed by atoms with E-state index in [-0.39, 0.29) is 11.8 Å². The summed E-state index contributed by atoms with van der Waals surface area (Å²) in [6.45, 7) is 12.4. The Kier molecular flexibility index (Phi) is 13.4. The zero-order chi connectivity index (χ0) is 18.5. The highest BCUT2D eigenvalue weighted by atomic mass is 19.2. The third kappa shape index (κ3) is 8.50. The molecular formula is C22H40F2. The average Bonchev–Trinajstić information content (AvgIpc) is 2.62. The lowest BCUT2D eigenvalue weighted by molar-refractivity contribution is 0.0500. The van der Waals surface area contributed by atoms with Crippen molar-refractivity contribution < 1.29 is 8.78 Å². The molecule has 0 aromatic heterocycles.